The molecule has 0 amide bonds. The molecule has 28 heavy (non-hydrogen) atoms. The van der Waals surface area contributed by atoms with E-state index in [4.69, 9.17) is 9.26 Å². The summed E-state index contributed by atoms with van der Waals surface area (Å²) in [6.45, 7) is 2.95. The lowest BCUT2D eigenvalue weighted by Crippen LogP contribution is -2.37. The van der Waals surface area contributed by atoms with Crippen LogP contribution in [0.25, 0.3) is 11.4 Å². The molecule has 0 radical (unpaired) electrons. The van der Waals surface area contributed by atoms with Crippen molar-refractivity contribution < 1.29 is 14.2 Å². The molecule has 1 aromatic carbocycles. The molecule has 2 aromatic heterocycles. The van der Waals surface area contributed by atoms with E-state index in [0.717, 1.165) is 24.2 Å². The average molecular weight is 403 g/mol. The number of aromatic nitrogens is 5. The number of rotatable bonds is 6. The second kappa shape index (κ2) is 7.94. The molecule has 0 unspecified atom stereocenters. The number of anilines is 1. The molecule has 4 rings (SSSR count). The predicted molar refractivity (Wildman–Crippen MR) is 100.0 cm³/mol. The lowest BCUT2D eigenvalue weighted by molar-refractivity contribution is -0.384. The van der Waals surface area contributed by atoms with Gasteiger partial charge < -0.3 is 14.2 Å². The molecule has 0 saturated carbocycles. The maximum atomic E-state index is 10.7. The second-order valence-electron chi connectivity index (χ2n) is 6.05. The Bertz CT molecular complexity index is 966. The molecule has 12 heteroatoms. The van der Waals surface area contributed by atoms with E-state index < -0.39 is 4.92 Å². The zero-order valence-electron chi connectivity index (χ0n) is 15.0. The van der Waals surface area contributed by atoms with Gasteiger partial charge in [-0.3, -0.25) is 14.7 Å². The van der Waals surface area contributed by atoms with Gasteiger partial charge in [-0.15, -0.1) is 10.2 Å². The van der Waals surface area contributed by atoms with Gasteiger partial charge in [0, 0.05) is 37.8 Å². The number of non-ortho nitro benzene ring substituents is 1. The minimum absolute atomic E-state index is 0.0152. The van der Waals surface area contributed by atoms with Crippen molar-refractivity contribution >= 4 is 23.4 Å². The lowest BCUT2D eigenvalue weighted by atomic mass is 10.2. The summed E-state index contributed by atoms with van der Waals surface area (Å²) in [6.07, 6.45) is 0. The van der Waals surface area contributed by atoms with Crippen LogP contribution in [0.5, 0.6) is 0 Å². The van der Waals surface area contributed by atoms with Gasteiger partial charge in [-0.25, -0.2) is 0 Å². The maximum Gasteiger partial charge on any atom is 0.269 e. The van der Waals surface area contributed by atoms with E-state index in [-0.39, 0.29) is 5.69 Å². The van der Waals surface area contributed by atoms with Gasteiger partial charge in [-0.2, -0.15) is 4.98 Å². The highest BCUT2D eigenvalue weighted by Crippen LogP contribution is 2.25. The van der Waals surface area contributed by atoms with Crippen LogP contribution in [0.4, 0.5) is 11.6 Å². The van der Waals surface area contributed by atoms with Gasteiger partial charge >= 0.3 is 0 Å². The molecule has 0 aliphatic carbocycles. The number of hydrogen-bond acceptors (Lipinski definition) is 10. The Morgan fingerprint density at radius 3 is 2.68 bits per heavy atom. The first-order valence-electron chi connectivity index (χ1n) is 8.54. The molecule has 0 N–H and O–H groups in total. The summed E-state index contributed by atoms with van der Waals surface area (Å²) in [5.41, 5.74) is 0.667. The molecular weight excluding hydrogens is 386 g/mol. The number of ether oxygens (including phenoxy) is 1. The molecule has 1 aliphatic rings. The number of nitro groups is 1. The predicted octanol–water partition coefficient (Wildman–Crippen LogP) is 1.90. The van der Waals surface area contributed by atoms with Crippen LogP contribution in [-0.2, 0) is 17.5 Å². The SMILES string of the molecule is Cn1c(SCc2nc(-c3ccc([N+](=O)[O-])cc3)no2)nnc1N1CCOCC1. The van der Waals surface area contributed by atoms with Gasteiger partial charge in [0.2, 0.25) is 17.7 Å². The van der Waals surface area contributed by atoms with Gasteiger partial charge in [-0.05, 0) is 12.1 Å². The largest absolute Gasteiger partial charge is 0.378 e. The Kier molecular flexibility index (Phi) is 5.21. The molecule has 11 nitrogen and oxygen atoms in total. The Morgan fingerprint density at radius 2 is 1.96 bits per heavy atom. The number of morpholine rings is 1. The van der Waals surface area contributed by atoms with E-state index in [1.807, 2.05) is 11.6 Å². The fraction of sp³-hybridized carbons (Fsp3) is 0.375. The number of nitrogens with zero attached hydrogens (tertiary/aromatic N) is 7. The van der Waals surface area contributed by atoms with Crippen molar-refractivity contribution in [3.8, 4) is 11.4 Å². The Morgan fingerprint density at radius 1 is 1.21 bits per heavy atom. The first kappa shape index (κ1) is 18.4. The van der Waals surface area contributed by atoms with Crippen LogP contribution in [0.3, 0.4) is 0 Å². The van der Waals surface area contributed by atoms with E-state index >= 15 is 0 Å². The normalized spacial score (nSPS) is 14.4. The highest BCUT2D eigenvalue weighted by atomic mass is 32.2. The lowest BCUT2D eigenvalue weighted by Gasteiger charge is -2.27. The first-order chi connectivity index (χ1) is 13.6. The maximum absolute atomic E-state index is 10.7. The zero-order valence-corrected chi connectivity index (χ0v) is 15.8. The van der Waals surface area contributed by atoms with Crippen LogP contribution in [0.1, 0.15) is 5.89 Å². The minimum Gasteiger partial charge on any atom is -0.378 e. The minimum atomic E-state index is -0.450. The molecule has 1 saturated heterocycles. The van der Waals surface area contributed by atoms with Gasteiger partial charge in [-0.1, -0.05) is 16.9 Å². The standard InChI is InChI=1S/C16H17N7O4S/c1-21-15(22-6-8-26-9-7-22)18-19-16(21)28-10-13-17-14(20-27-13)11-2-4-12(5-3-11)23(24)25/h2-5H,6-10H2,1H3. The fourth-order valence-corrected chi connectivity index (χ4v) is 3.50. The molecule has 3 aromatic rings. The summed E-state index contributed by atoms with van der Waals surface area (Å²) in [6, 6.07) is 6.01. The van der Waals surface area contributed by atoms with Gasteiger partial charge in [0.15, 0.2) is 5.16 Å². The van der Waals surface area contributed by atoms with Crippen LogP contribution in [0, 0.1) is 10.1 Å². The van der Waals surface area contributed by atoms with E-state index in [1.165, 1.54) is 23.9 Å². The topological polar surface area (TPSA) is 125 Å². The summed E-state index contributed by atoms with van der Waals surface area (Å²) >= 11 is 1.45. The molecule has 0 spiro atoms. The van der Waals surface area contributed by atoms with Crippen molar-refractivity contribution in [2.75, 3.05) is 31.2 Å². The fourth-order valence-electron chi connectivity index (χ4n) is 2.76. The summed E-state index contributed by atoms with van der Waals surface area (Å²) in [5, 5.41) is 23.9. The molecule has 3 heterocycles. The van der Waals surface area contributed by atoms with Crippen molar-refractivity contribution in [3.05, 3.63) is 40.3 Å². The second-order valence-corrected chi connectivity index (χ2v) is 6.99. The van der Waals surface area contributed by atoms with Gasteiger partial charge in [0.25, 0.3) is 5.69 Å². The van der Waals surface area contributed by atoms with Crippen molar-refractivity contribution in [2.45, 2.75) is 10.9 Å². The van der Waals surface area contributed by atoms with E-state index in [0.29, 0.717) is 36.2 Å². The zero-order chi connectivity index (χ0) is 19.5. The van der Waals surface area contributed by atoms with Crippen molar-refractivity contribution in [1.82, 2.24) is 24.9 Å². The molecule has 1 aliphatic heterocycles. The quantitative estimate of drug-likeness (QED) is 0.342. The van der Waals surface area contributed by atoms with Crippen LogP contribution in [0.2, 0.25) is 0 Å². The van der Waals surface area contributed by atoms with E-state index in [1.54, 1.807) is 12.1 Å². The number of benzene rings is 1. The molecule has 0 bridgehead atoms. The van der Waals surface area contributed by atoms with Gasteiger partial charge in [0.05, 0.1) is 23.9 Å². The number of nitro benzene ring substituents is 1. The van der Waals surface area contributed by atoms with E-state index in [9.17, 15) is 10.1 Å². The van der Waals surface area contributed by atoms with Crippen LogP contribution in [0.15, 0.2) is 33.9 Å². The molecule has 1 fully saturated rings. The number of hydrogen-bond donors (Lipinski definition) is 0. The highest BCUT2D eigenvalue weighted by molar-refractivity contribution is 7.98. The molecule has 0 atom stereocenters. The van der Waals surface area contributed by atoms with Crippen molar-refractivity contribution in [2.24, 2.45) is 7.05 Å². The van der Waals surface area contributed by atoms with Crippen LogP contribution in [-0.4, -0.2) is 56.1 Å². The van der Waals surface area contributed by atoms with E-state index in [2.05, 4.69) is 25.2 Å². The average Bonchev–Trinajstić information content (AvgIpc) is 3.34. The third-order valence-corrected chi connectivity index (χ3v) is 5.24. The van der Waals surface area contributed by atoms with Crippen molar-refractivity contribution in [3.63, 3.8) is 0 Å². The Balaban J connectivity index is 1.41. The molecular formula is C16H17N7O4S. The molecule has 146 valence electrons. The Hall–Kier alpha value is -2.99. The third kappa shape index (κ3) is 3.82. The van der Waals surface area contributed by atoms with Gasteiger partial charge in [0.1, 0.15) is 0 Å². The summed E-state index contributed by atoms with van der Waals surface area (Å²) in [5.74, 6) is 2.07. The summed E-state index contributed by atoms with van der Waals surface area (Å²) < 4.78 is 12.6. The number of thioether (sulfide) groups is 1. The summed E-state index contributed by atoms with van der Waals surface area (Å²) in [4.78, 5) is 16.8. The van der Waals surface area contributed by atoms with Crippen LogP contribution < -0.4 is 4.90 Å². The summed E-state index contributed by atoms with van der Waals surface area (Å²) in [7, 11) is 1.92. The van der Waals surface area contributed by atoms with Crippen molar-refractivity contribution in [1.29, 1.82) is 0 Å². The smallest absolute Gasteiger partial charge is 0.269 e. The highest BCUT2D eigenvalue weighted by Gasteiger charge is 2.19. The monoisotopic (exact) mass is 403 g/mol. The Labute approximate surface area is 163 Å². The third-order valence-electron chi connectivity index (χ3n) is 4.24. The van der Waals surface area contributed by atoms with Crippen LogP contribution >= 0.6 is 11.8 Å². The first-order valence-corrected chi connectivity index (χ1v) is 9.52.